The summed E-state index contributed by atoms with van der Waals surface area (Å²) in [7, 11) is 3.08. The van der Waals surface area contributed by atoms with E-state index < -0.39 is 11.9 Å². The number of hydrogen-bond acceptors (Lipinski definition) is 5. The molecule has 0 aliphatic carbocycles. The van der Waals surface area contributed by atoms with E-state index in [2.05, 4.69) is 0 Å². The Labute approximate surface area is 174 Å². The number of ether oxygens (including phenoxy) is 2. The molecule has 0 spiro atoms. The van der Waals surface area contributed by atoms with Crippen LogP contribution in [-0.2, 0) is 9.59 Å². The molecule has 0 aromatic heterocycles. The smallest absolute Gasteiger partial charge is 0.257 e. The van der Waals surface area contributed by atoms with Crippen LogP contribution in [0.1, 0.15) is 28.8 Å². The highest BCUT2D eigenvalue weighted by Crippen LogP contribution is 2.33. The molecule has 0 bridgehead atoms. The maximum absolute atomic E-state index is 13.2. The number of amides is 3. The average Bonchev–Trinajstić information content (AvgIpc) is 3.24. The van der Waals surface area contributed by atoms with Gasteiger partial charge in [0.2, 0.25) is 0 Å². The lowest BCUT2D eigenvalue weighted by Gasteiger charge is -2.23. The van der Waals surface area contributed by atoms with Crippen LogP contribution in [0.25, 0.3) is 6.08 Å². The number of para-hydroxylation sites is 1. The van der Waals surface area contributed by atoms with Gasteiger partial charge in [-0.05, 0) is 48.7 Å². The molecule has 2 aromatic carbocycles. The van der Waals surface area contributed by atoms with Gasteiger partial charge in [-0.2, -0.15) is 0 Å². The Bertz CT molecular complexity index is 1050. The monoisotopic (exact) mass is 406 g/mol. The lowest BCUT2D eigenvalue weighted by molar-refractivity contribution is -0.126. The second-order valence-corrected chi connectivity index (χ2v) is 7.13. The minimum atomic E-state index is -0.608. The lowest BCUT2D eigenvalue weighted by atomic mass is 10.1. The van der Waals surface area contributed by atoms with Crippen LogP contribution in [0, 0.1) is 0 Å². The van der Waals surface area contributed by atoms with Crippen LogP contribution >= 0.6 is 0 Å². The number of hydrogen-bond donors (Lipinski definition) is 0. The summed E-state index contributed by atoms with van der Waals surface area (Å²) >= 11 is 0. The van der Waals surface area contributed by atoms with E-state index in [0.717, 1.165) is 16.9 Å². The van der Waals surface area contributed by atoms with Crippen molar-refractivity contribution in [3.63, 3.8) is 0 Å². The number of benzene rings is 2. The summed E-state index contributed by atoms with van der Waals surface area (Å²) in [6.07, 6.45) is 4.25. The van der Waals surface area contributed by atoms with Gasteiger partial charge in [0.05, 0.1) is 25.5 Å². The van der Waals surface area contributed by atoms with Gasteiger partial charge in [0.25, 0.3) is 17.7 Å². The second kappa shape index (κ2) is 8.02. The SMILES string of the molecule is COc1ccc(/C=C/C(=O)N2C(=O)[C@@H]3CCCN3C(=O)c3ccccc32)cc1OC. The highest BCUT2D eigenvalue weighted by Gasteiger charge is 2.43. The van der Waals surface area contributed by atoms with E-state index >= 15 is 0 Å². The fourth-order valence-electron chi connectivity index (χ4n) is 3.96. The molecular formula is C23H22N2O5. The maximum atomic E-state index is 13.2. The molecule has 0 unspecified atom stereocenters. The molecule has 3 amide bonds. The van der Waals surface area contributed by atoms with Gasteiger partial charge >= 0.3 is 0 Å². The summed E-state index contributed by atoms with van der Waals surface area (Å²) in [4.78, 5) is 42.0. The molecule has 1 saturated heterocycles. The third kappa shape index (κ3) is 3.32. The van der Waals surface area contributed by atoms with Gasteiger partial charge in [0.1, 0.15) is 6.04 Å². The van der Waals surface area contributed by atoms with Crippen LogP contribution in [0.2, 0.25) is 0 Å². The Morgan fingerprint density at radius 1 is 1.07 bits per heavy atom. The van der Waals surface area contributed by atoms with E-state index in [0.29, 0.717) is 35.7 Å². The van der Waals surface area contributed by atoms with Crippen molar-refractivity contribution in [3.8, 4) is 11.5 Å². The average molecular weight is 406 g/mol. The minimum absolute atomic E-state index is 0.208. The van der Waals surface area contributed by atoms with Crippen LogP contribution in [-0.4, -0.2) is 49.4 Å². The molecule has 2 heterocycles. The highest BCUT2D eigenvalue weighted by molar-refractivity contribution is 6.25. The summed E-state index contributed by atoms with van der Waals surface area (Å²) in [5.41, 5.74) is 1.40. The van der Waals surface area contributed by atoms with Crippen molar-refractivity contribution in [2.45, 2.75) is 18.9 Å². The van der Waals surface area contributed by atoms with Gasteiger partial charge < -0.3 is 14.4 Å². The molecule has 0 N–H and O–H groups in total. The van der Waals surface area contributed by atoms with Crippen molar-refractivity contribution < 1.29 is 23.9 Å². The Hall–Kier alpha value is -3.61. The molecule has 2 aromatic rings. The number of rotatable bonds is 4. The number of nitrogens with zero attached hydrogens (tertiary/aromatic N) is 2. The van der Waals surface area contributed by atoms with E-state index in [4.69, 9.17) is 9.47 Å². The number of fused-ring (bicyclic) bond motifs is 2. The van der Waals surface area contributed by atoms with Gasteiger partial charge in [-0.1, -0.05) is 18.2 Å². The summed E-state index contributed by atoms with van der Waals surface area (Å²) in [6.45, 7) is 0.521. The van der Waals surface area contributed by atoms with E-state index in [9.17, 15) is 14.4 Å². The first-order valence-electron chi connectivity index (χ1n) is 9.73. The van der Waals surface area contributed by atoms with Crippen molar-refractivity contribution in [1.29, 1.82) is 0 Å². The molecule has 2 aliphatic heterocycles. The predicted octanol–water partition coefficient (Wildman–Crippen LogP) is 2.90. The zero-order chi connectivity index (χ0) is 21.3. The molecular weight excluding hydrogens is 384 g/mol. The summed E-state index contributed by atoms with van der Waals surface area (Å²) in [5.74, 6) is 0.0464. The van der Waals surface area contributed by atoms with Crippen LogP contribution in [0.15, 0.2) is 48.5 Å². The summed E-state index contributed by atoms with van der Waals surface area (Å²) in [5, 5.41) is 0. The van der Waals surface area contributed by atoms with Gasteiger partial charge in [-0.15, -0.1) is 0 Å². The Morgan fingerprint density at radius 2 is 1.83 bits per heavy atom. The van der Waals surface area contributed by atoms with Crippen molar-refractivity contribution in [1.82, 2.24) is 4.90 Å². The van der Waals surface area contributed by atoms with Crippen LogP contribution in [0.5, 0.6) is 11.5 Å². The van der Waals surface area contributed by atoms with Gasteiger partial charge in [0, 0.05) is 12.6 Å². The van der Waals surface area contributed by atoms with Crippen molar-refractivity contribution in [3.05, 3.63) is 59.7 Å². The normalized spacial score (nSPS) is 18.3. The lowest BCUT2D eigenvalue weighted by Crippen LogP contribution is -2.46. The molecule has 2 aliphatic rings. The fraction of sp³-hybridized carbons (Fsp3) is 0.261. The van der Waals surface area contributed by atoms with E-state index in [1.165, 1.54) is 13.2 Å². The Balaban J connectivity index is 1.69. The number of carbonyl (C=O) groups is 3. The van der Waals surface area contributed by atoms with Gasteiger partial charge in [-0.3, -0.25) is 14.4 Å². The van der Waals surface area contributed by atoms with Crippen LogP contribution in [0.4, 0.5) is 5.69 Å². The van der Waals surface area contributed by atoms with E-state index in [1.807, 2.05) is 0 Å². The molecule has 1 atom stereocenters. The largest absolute Gasteiger partial charge is 0.493 e. The number of anilines is 1. The Morgan fingerprint density at radius 3 is 2.60 bits per heavy atom. The fourth-order valence-corrected chi connectivity index (χ4v) is 3.96. The highest BCUT2D eigenvalue weighted by atomic mass is 16.5. The molecule has 0 radical (unpaired) electrons. The zero-order valence-electron chi connectivity index (χ0n) is 16.8. The van der Waals surface area contributed by atoms with Gasteiger partial charge in [-0.25, -0.2) is 4.90 Å². The number of carbonyl (C=O) groups excluding carboxylic acids is 3. The van der Waals surface area contributed by atoms with E-state index in [-0.39, 0.29) is 11.8 Å². The van der Waals surface area contributed by atoms with Crippen LogP contribution < -0.4 is 14.4 Å². The zero-order valence-corrected chi connectivity index (χ0v) is 16.8. The first kappa shape index (κ1) is 19.7. The molecule has 7 nitrogen and oxygen atoms in total. The third-order valence-electron chi connectivity index (χ3n) is 5.44. The number of methoxy groups -OCH3 is 2. The molecule has 30 heavy (non-hydrogen) atoms. The van der Waals surface area contributed by atoms with Crippen molar-refractivity contribution in [2.24, 2.45) is 0 Å². The quantitative estimate of drug-likeness (QED) is 0.730. The van der Waals surface area contributed by atoms with Crippen molar-refractivity contribution in [2.75, 3.05) is 25.7 Å². The second-order valence-electron chi connectivity index (χ2n) is 7.13. The molecule has 0 saturated carbocycles. The third-order valence-corrected chi connectivity index (χ3v) is 5.44. The van der Waals surface area contributed by atoms with Gasteiger partial charge in [0.15, 0.2) is 11.5 Å². The molecule has 4 rings (SSSR count). The first-order chi connectivity index (χ1) is 14.5. The standard InChI is InChI=1S/C23H22N2O5/c1-29-19-11-9-15(14-20(19)30-2)10-12-21(26)25-17-7-4-3-6-16(17)22(27)24-13-5-8-18(24)23(25)28/h3-4,6-7,9-12,14,18H,5,8,13H2,1-2H3/b12-10+/t18-/m0/s1. The molecule has 1 fully saturated rings. The minimum Gasteiger partial charge on any atom is -0.493 e. The Kier molecular flexibility index (Phi) is 5.27. The number of imide groups is 1. The first-order valence-corrected chi connectivity index (χ1v) is 9.73. The summed E-state index contributed by atoms with van der Waals surface area (Å²) in [6, 6.07) is 11.4. The van der Waals surface area contributed by atoms with E-state index in [1.54, 1.807) is 60.6 Å². The topological polar surface area (TPSA) is 76.2 Å². The van der Waals surface area contributed by atoms with Crippen LogP contribution in [0.3, 0.4) is 0 Å². The maximum Gasteiger partial charge on any atom is 0.257 e. The summed E-state index contributed by atoms with van der Waals surface area (Å²) < 4.78 is 10.5. The molecule has 154 valence electrons. The molecule has 7 heteroatoms. The van der Waals surface area contributed by atoms with Crippen molar-refractivity contribution >= 4 is 29.5 Å². The predicted molar refractivity (Wildman–Crippen MR) is 112 cm³/mol.